The van der Waals surface area contributed by atoms with Crippen molar-refractivity contribution in [3.8, 4) is 0 Å². The fraction of sp³-hybridized carbons (Fsp3) is 0.182. The first-order valence-corrected chi connectivity index (χ1v) is 4.21. The van der Waals surface area contributed by atoms with Crippen LogP contribution in [0.15, 0.2) is 30.3 Å². The molecule has 0 aromatic heterocycles. The molecular weight excluding hydrogens is 164 g/mol. The molecule has 0 fully saturated rings. The van der Waals surface area contributed by atoms with Gasteiger partial charge >= 0.3 is 0 Å². The predicted octanol–water partition coefficient (Wildman–Crippen LogP) is 2.15. The van der Waals surface area contributed by atoms with Gasteiger partial charge < -0.3 is 4.74 Å². The maximum atomic E-state index is 10.9. The molecule has 0 saturated carbocycles. The zero-order valence-corrected chi connectivity index (χ0v) is 7.41. The van der Waals surface area contributed by atoms with E-state index in [-0.39, 0.29) is 5.78 Å². The zero-order valence-electron chi connectivity index (χ0n) is 7.41. The van der Waals surface area contributed by atoms with Crippen molar-refractivity contribution in [2.75, 3.05) is 0 Å². The van der Waals surface area contributed by atoms with Gasteiger partial charge in [0.05, 0.1) is 0 Å². The summed E-state index contributed by atoms with van der Waals surface area (Å²) in [5.41, 5.74) is 2.19. The largest absolute Gasteiger partial charge is 0.488 e. The number of hydrogen-bond donors (Lipinski definition) is 0. The summed E-state index contributed by atoms with van der Waals surface area (Å²) in [6.45, 7) is 2.10. The van der Waals surface area contributed by atoms with E-state index in [1.165, 1.54) is 13.0 Å². The van der Waals surface area contributed by atoms with E-state index in [0.717, 1.165) is 11.1 Å². The van der Waals surface area contributed by atoms with Crippen molar-refractivity contribution in [1.29, 1.82) is 0 Å². The summed E-state index contributed by atoms with van der Waals surface area (Å²) in [6, 6.07) is 7.90. The van der Waals surface area contributed by atoms with E-state index in [2.05, 4.69) is 0 Å². The highest BCUT2D eigenvalue weighted by atomic mass is 16.5. The number of ether oxygens (including phenoxy) is 1. The molecule has 0 radical (unpaired) electrons. The van der Waals surface area contributed by atoms with Gasteiger partial charge in [-0.25, -0.2) is 0 Å². The summed E-state index contributed by atoms with van der Waals surface area (Å²) >= 11 is 0. The van der Waals surface area contributed by atoms with E-state index in [1.807, 2.05) is 24.3 Å². The molecule has 0 spiro atoms. The molecule has 1 heterocycles. The molecular formula is C11H10O2. The Balaban J connectivity index is 2.44. The third-order valence-corrected chi connectivity index (χ3v) is 2.00. The molecule has 13 heavy (non-hydrogen) atoms. The molecule has 1 aromatic carbocycles. The third-order valence-electron chi connectivity index (χ3n) is 2.00. The lowest BCUT2D eigenvalue weighted by atomic mass is 10.1. The first kappa shape index (κ1) is 8.05. The Morgan fingerprint density at radius 2 is 2.23 bits per heavy atom. The van der Waals surface area contributed by atoms with Gasteiger partial charge in [-0.1, -0.05) is 24.3 Å². The number of rotatable bonds is 1. The lowest BCUT2D eigenvalue weighted by Gasteiger charge is -1.96. The molecule has 0 amide bonds. The molecule has 1 aliphatic heterocycles. The van der Waals surface area contributed by atoms with E-state index in [0.29, 0.717) is 12.4 Å². The van der Waals surface area contributed by atoms with Crippen LogP contribution in [-0.4, -0.2) is 5.78 Å². The Morgan fingerprint density at radius 3 is 3.00 bits per heavy atom. The second kappa shape index (κ2) is 3.05. The molecule has 0 aliphatic carbocycles. The first-order valence-electron chi connectivity index (χ1n) is 4.21. The number of ketones is 1. The molecule has 1 aliphatic rings. The van der Waals surface area contributed by atoms with Crippen LogP contribution in [0.5, 0.6) is 0 Å². The van der Waals surface area contributed by atoms with E-state index < -0.39 is 0 Å². The van der Waals surface area contributed by atoms with Gasteiger partial charge in [0.25, 0.3) is 0 Å². The Kier molecular flexibility index (Phi) is 1.89. The van der Waals surface area contributed by atoms with E-state index in [4.69, 9.17) is 4.74 Å². The van der Waals surface area contributed by atoms with Gasteiger partial charge in [0.2, 0.25) is 0 Å². The standard InChI is InChI=1S/C11H10O2/c1-8(12)6-11-10-5-3-2-4-9(10)7-13-11/h2-6H,7H2,1H3/b11-6-. The van der Waals surface area contributed by atoms with Crippen LogP contribution in [0.4, 0.5) is 0 Å². The molecule has 66 valence electrons. The van der Waals surface area contributed by atoms with Crippen molar-refractivity contribution in [2.24, 2.45) is 0 Å². The van der Waals surface area contributed by atoms with Crippen molar-refractivity contribution in [2.45, 2.75) is 13.5 Å². The maximum absolute atomic E-state index is 10.9. The third kappa shape index (κ3) is 1.47. The fourth-order valence-corrected chi connectivity index (χ4v) is 1.42. The normalized spacial score (nSPS) is 16.8. The lowest BCUT2D eigenvalue weighted by molar-refractivity contribution is -0.112. The number of allylic oxidation sites excluding steroid dienone is 1. The topological polar surface area (TPSA) is 26.3 Å². The fourth-order valence-electron chi connectivity index (χ4n) is 1.42. The van der Waals surface area contributed by atoms with Crippen LogP contribution in [0.2, 0.25) is 0 Å². The Labute approximate surface area is 76.8 Å². The molecule has 0 bridgehead atoms. The minimum absolute atomic E-state index is 0.0201. The van der Waals surface area contributed by atoms with Gasteiger partial charge in [-0.15, -0.1) is 0 Å². The van der Waals surface area contributed by atoms with Crippen LogP contribution in [0, 0.1) is 0 Å². The number of carbonyl (C=O) groups excluding carboxylic acids is 1. The van der Waals surface area contributed by atoms with Gasteiger partial charge in [0.15, 0.2) is 5.78 Å². The van der Waals surface area contributed by atoms with Crippen molar-refractivity contribution < 1.29 is 9.53 Å². The number of carbonyl (C=O) groups is 1. The zero-order chi connectivity index (χ0) is 9.26. The van der Waals surface area contributed by atoms with E-state index in [9.17, 15) is 4.79 Å². The van der Waals surface area contributed by atoms with E-state index in [1.54, 1.807) is 0 Å². The summed E-state index contributed by atoms with van der Waals surface area (Å²) in [5, 5.41) is 0. The van der Waals surface area contributed by atoms with Crippen LogP contribution in [0.25, 0.3) is 5.76 Å². The van der Waals surface area contributed by atoms with Gasteiger partial charge in [-0.2, -0.15) is 0 Å². The smallest absolute Gasteiger partial charge is 0.156 e. The van der Waals surface area contributed by atoms with Crippen LogP contribution < -0.4 is 0 Å². The highest BCUT2D eigenvalue weighted by Gasteiger charge is 2.16. The average Bonchev–Trinajstić information content (AvgIpc) is 2.48. The quantitative estimate of drug-likeness (QED) is 0.610. The van der Waals surface area contributed by atoms with Crippen LogP contribution in [0.3, 0.4) is 0 Å². The summed E-state index contributed by atoms with van der Waals surface area (Å²) < 4.78 is 5.37. The van der Waals surface area contributed by atoms with Gasteiger partial charge in [-0.05, 0) is 6.92 Å². The molecule has 0 saturated heterocycles. The minimum atomic E-state index is 0.0201. The number of hydrogen-bond acceptors (Lipinski definition) is 2. The molecule has 0 N–H and O–H groups in total. The molecule has 0 atom stereocenters. The molecule has 2 rings (SSSR count). The minimum Gasteiger partial charge on any atom is -0.488 e. The van der Waals surface area contributed by atoms with Gasteiger partial charge in [0.1, 0.15) is 12.4 Å². The Hall–Kier alpha value is -1.57. The molecule has 2 nitrogen and oxygen atoms in total. The van der Waals surface area contributed by atoms with Crippen LogP contribution in [-0.2, 0) is 16.1 Å². The predicted molar refractivity (Wildman–Crippen MR) is 49.9 cm³/mol. The van der Waals surface area contributed by atoms with Crippen LogP contribution in [0.1, 0.15) is 18.1 Å². The molecule has 1 aromatic rings. The van der Waals surface area contributed by atoms with Crippen molar-refractivity contribution in [3.63, 3.8) is 0 Å². The van der Waals surface area contributed by atoms with Crippen molar-refractivity contribution in [3.05, 3.63) is 41.5 Å². The van der Waals surface area contributed by atoms with Crippen molar-refractivity contribution >= 4 is 11.5 Å². The molecule has 2 heteroatoms. The Bertz CT molecular complexity index is 377. The highest BCUT2D eigenvalue weighted by Crippen LogP contribution is 2.28. The van der Waals surface area contributed by atoms with Gasteiger partial charge in [-0.3, -0.25) is 4.79 Å². The number of benzene rings is 1. The molecule has 0 unspecified atom stereocenters. The van der Waals surface area contributed by atoms with Crippen molar-refractivity contribution in [1.82, 2.24) is 0 Å². The SMILES string of the molecule is CC(=O)/C=C1\OCc2ccccc21. The first-order chi connectivity index (χ1) is 6.27. The second-order valence-corrected chi connectivity index (χ2v) is 3.07. The average molecular weight is 174 g/mol. The summed E-state index contributed by atoms with van der Waals surface area (Å²) in [7, 11) is 0. The van der Waals surface area contributed by atoms with E-state index >= 15 is 0 Å². The summed E-state index contributed by atoms with van der Waals surface area (Å²) in [5.74, 6) is 0.717. The van der Waals surface area contributed by atoms with Crippen LogP contribution >= 0.6 is 0 Å². The van der Waals surface area contributed by atoms with Gasteiger partial charge in [0, 0.05) is 17.2 Å². The number of fused-ring (bicyclic) bond motifs is 1. The summed E-state index contributed by atoms with van der Waals surface area (Å²) in [6.07, 6.45) is 1.53. The second-order valence-electron chi connectivity index (χ2n) is 3.07. The lowest BCUT2D eigenvalue weighted by Crippen LogP contribution is -1.86. The highest BCUT2D eigenvalue weighted by molar-refractivity contribution is 5.94. The maximum Gasteiger partial charge on any atom is 0.156 e. The Morgan fingerprint density at radius 1 is 1.46 bits per heavy atom. The monoisotopic (exact) mass is 174 g/mol. The summed E-state index contributed by atoms with van der Waals surface area (Å²) in [4.78, 5) is 10.9.